The van der Waals surface area contributed by atoms with Crippen molar-refractivity contribution in [3.63, 3.8) is 0 Å². The molecule has 0 unspecified atom stereocenters. The van der Waals surface area contributed by atoms with Crippen LogP contribution in [0.4, 0.5) is 5.69 Å². The fraction of sp³-hybridized carbons (Fsp3) is 0.462. The van der Waals surface area contributed by atoms with E-state index in [2.05, 4.69) is 54.7 Å². The zero-order valence-electron chi connectivity index (χ0n) is 21.2. The number of rotatable bonds is 6. The molecule has 4 rings (SSSR count). The number of anilines is 1. The van der Waals surface area contributed by atoms with Crippen molar-refractivity contribution in [1.82, 2.24) is 14.5 Å². The highest BCUT2D eigenvalue weighted by Crippen LogP contribution is 2.36. The number of fused-ring (bicyclic) bond motifs is 1. The zero-order valence-corrected chi connectivity index (χ0v) is 23.0. The van der Waals surface area contributed by atoms with Crippen molar-refractivity contribution in [2.45, 2.75) is 38.9 Å². The van der Waals surface area contributed by atoms with Crippen molar-refractivity contribution in [3.05, 3.63) is 68.3 Å². The van der Waals surface area contributed by atoms with Gasteiger partial charge < -0.3 is 9.33 Å². The van der Waals surface area contributed by atoms with Crippen molar-refractivity contribution in [1.29, 1.82) is 0 Å². The Morgan fingerprint density at radius 2 is 1.69 bits per heavy atom. The summed E-state index contributed by atoms with van der Waals surface area (Å²) < 4.78 is 7.87. The SMILES string of the molecule is CC(C)(C)[Si](C)(C)OCCN1CCN(c2cccc(-n3c(=O)[nH]c(=O)c4ccc(Cl)cc43)c2)CC1. The minimum atomic E-state index is -1.72. The van der Waals surface area contributed by atoms with Crippen molar-refractivity contribution in [3.8, 4) is 5.69 Å². The van der Waals surface area contributed by atoms with Crippen LogP contribution in [0.25, 0.3) is 16.6 Å². The summed E-state index contributed by atoms with van der Waals surface area (Å²) in [5.41, 5.74) is 1.35. The van der Waals surface area contributed by atoms with Crippen molar-refractivity contribution < 1.29 is 4.43 Å². The van der Waals surface area contributed by atoms with Gasteiger partial charge in [-0.1, -0.05) is 38.4 Å². The lowest BCUT2D eigenvalue weighted by Crippen LogP contribution is -2.48. The second-order valence-corrected chi connectivity index (χ2v) is 16.0. The molecule has 0 aliphatic carbocycles. The Hall–Kier alpha value is -2.39. The van der Waals surface area contributed by atoms with Gasteiger partial charge in [-0.05, 0) is 54.5 Å². The summed E-state index contributed by atoms with van der Waals surface area (Å²) in [6.07, 6.45) is 0. The Kier molecular flexibility index (Phi) is 7.29. The second-order valence-electron chi connectivity index (χ2n) is 10.7. The van der Waals surface area contributed by atoms with Crippen LogP contribution < -0.4 is 16.1 Å². The quantitative estimate of drug-likeness (QED) is 0.491. The number of nitrogens with zero attached hydrogens (tertiary/aromatic N) is 3. The first kappa shape index (κ1) is 25.7. The van der Waals surface area contributed by atoms with E-state index in [1.54, 1.807) is 18.2 Å². The number of halogens is 1. The van der Waals surface area contributed by atoms with Crippen LogP contribution in [-0.2, 0) is 4.43 Å². The number of H-pyrrole nitrogens is 1. The molecule has 0 saturated carbocycles. The molecule has 2 aromatic carbocycles. The first-order valence-corrected chi connectivity index (χ1v) is 15.4. The van der Waals surface area contributed by atoms with Crippen molar-refractivity contribution >= 4 is 36.5 Å². The highest BCUT2D eigenvalue weighted by molar-refractivity contribution is 6.74. The Bertz CT molecular complexity index is 1320. The molecule has 1 aliphatic rings. The average molecular weight is 515 g/mol. The Balaban J connectivity index is 1.47. The number of piperazine rings is 1. The van der Waals surface area contributed by atoms with Gasteiger partial charge in [-0.15, -0.1) is 0 Å². The second kappa shape index (κ2) is 9.93. The molecule has 188 valence electrons. The van der Waals surface area contributed by atoms with E-state index in [0.717, 1.165) is 45.0 Å². The maximum absolute atomic E-state index is 12.8. The number of hydrogen-bond donors (Lipinski definition) is 1. The van der Waals surface area contributed by atoms with Gasteiger partial charge in [-0.2, -0.15) is 0 Å². The molecule has 1 saturated heterocycles. The van der Waals surface area contributed by atoms with E-state index in [9.17, 15) is 9.59 Å². The Morgan fingerprint density at radius 1 is 1.00 bits per heavy atom. The molecule has 1 N–H and O–H groups in total. The van der Waals surface area contributed by atoms with Crippen LogP contribution in [0.3, 0.4) is 0 Å². The van der Waals surface area contributed by atoms with Crippen LogP contribution in [0.15, 0.2) is 52.1 Å². The Morgan fingerprint density at radius 3 is 2.37 bits per heavy atom. The molecular formula is C26H35ClN4O3Si. The smallest absolute Gasteiger partial charge is 0.333 e. The van der Waals surface area contributed by atoms with E-state index in [1.165, 1.54) is 4.57 Å². The van der Waals surface area contributed by atoms with Crippen LogP contribution in [0.5, 0.6) is 0 Å². The third-order valence-corrected chi connectivity index (χ3v) is 12.1. The lowest BCUT2D eigenvalue weighted by Gasteiger charge is -2.39. The molecule has 0 bridgehead atoms. The summed E-state index contributed by atoms with van der Waals surface area (Å²) in [5, 5.41) is 1.12. The number of benzene rings is 2. The van der Waals surface area contributed by atoms with E-state index in [4.69, 9.17) is 16.0 Å². The summed E-state index contributed by atoms with van der Waals surface area (Å²) >= 11 is 6.19. The molecule has 0 radical (unpaired) electrons. The topological polar surface area (TPSA) is 70.6 Å². The maximum atomic E-state index is 12.8. The third-order valence-electron chi connectivity index (χ3n) is 7.37. The highest BCUT2D eigenvalue weighted by Gasteiger charge is 2.37. The third kappa shape index (κ3) is 5.56. The molecule has 1 fully saturated rings. The molecule has 9 heteroatoms. The molecule has 0 atom stereocenters. The van der Waals surface area contributed by atoms with E-state index >= 15 is 0 Å². The maximum Gasteiger partial charge on any atom is 0.333 e. The largest absolute Gasteiger partial charge is 0.416 e. The van der Waals surface area contributed by atoms with Crippen LogP contribution in [0.2, 0.25) is 23.2 Å². The lowest BCUT2D eigenvalue weighted by molar-refractivity contribution is 0.191. The molecule has 2 heterocycles. The van der Waals surface area contributed by atoms with E-state index in [1.807, 2.05) is 18.2 Å². The van der Waals surface area contributed by atoms with Gasteiger partial charge in [0.2, 0.25) is 0 Å². The molecule has 7 nitrogen and oxygen atoms in total. The predicted molar refractivity (Wildman–Crippen MR) is 147 cm³/mol. The zero-order chi connectivity index (χ0) is 25.4. The average Bonchev–Trinajstić information content (AvgIpc) is 2.78. The van der Waals surface area contributed by atoms with Gasteiger partial charge in [0, 0.05) is 50.0 Å². The van der Waals surface area contributed by atoms with E-state index < -0.39 is 19.6 Å². The van der Waals surface area contributed by atoms with Gasteiger partial charge in [-0.25, -0.2) is 4.79 Å². The van der Waals surface area contributed by atoms with Gasteiger partial charge in [-0.3, -0.25) is 19.2 Å². The number of aromatic nitrogens is 2. The van der Waals surface area contributed by atoms with Crippen LogP contribution in [-0.4, -0.2) is 62.1 Å². The molecule has 0 amide bonds. The fourth-order valence-electron chi connectivity index (χ4n) is 4.17. The van der Waals surface area contributed by atoms with Gasteiger partial charge in [0.05, 0.1) is 16.6 Å². The molecular weight excluding hydrogens is 480 g/mol. The summed E-state index contributed by atoms with van der Waals surface area (Å²) in [6.45, 7) is 16.8. The molecule has 35 heavy (non-hydrogen) atoms. The normalized spacial score (nSPS) is 15.7. The molecule has 1 aliphatic heterocycles. The lowest BCUT2D eigenvalue weighted by atomic mass is 10.2. The van der Waals surface area contributed by atoms with Crippen LogP contribution >= 0.6 is 11.6 Å². The van der Waals surface area contributed by atoms with Crippen LogP contribution in [0.1, 0.15) is 20.8 Å². The first-order chi connectivity index (χ1) is 16.5. The number of nitrogens with one attached hydrogen (secondary N) is 1. The monoisotopic (exact) mass is 514 g/mol. The summed E-state index contributed by atoms with van der Waals surface area (Å²) in [7, 11) is -1.72. The van der Waals surface area contributed by atoms with E-state index in [-0.39, 0.29) is 5.04 Å². The fourth-order valence-corrected chi connectivity index (χ4v) is 5.37. The molecule has 0 spiro atoms. The predicted octanol–water partition coefficient (Wildman–Crippen LogP) is 4.48. The molecule has 3 aromatic rings. The van der Waals surface area contributed by atoms with Gasteiger partial charge in [0.1, 0.15) is 0 Å². The van der Waals surface area contributed by atoms with Crippen LogP contribution in [0, 0.1) is 0 Å². The minimum Gasteiger partial charge on any atom is -0.416 e. The Labute approximate surface area is 212 Å². The summed E-state index contributed by atoms with van der Waals surface area (Å²) in [4.78, 5) is 32.3. The summed E-state index contributed by atoms with van der Waals surface area (Å²) in [6, 6.07) is 12.8. The number of aromatic amines is 1. The molecule has 1 aromatic heterocycles. The minimum absolute atomic E-state index is 0.223. The van der Waals surface area contributed by atoms with E-state index in [0.29, 0.717) is 21.6 Å². The van der Waals surface area contributed by atoms with Crippen molar-refractivity contribution in [2.24, 2.45) is 0 Å². The highest BCUT2D eigenvalue weighted by atomic mass is 35.5. The van der Waals surface area contributed by atoms with Crippen molar-refractivity contribution in [2.75, 3.05) is 44.2 Å². The van der Waals surface area contributed by atoms with Gasteiger partial charge in [0.15, 0.2) is 8.32 Å². The standard InChI is InChI=1S/C26H35ClN4O3Si/c1-26(2,3)35(4,5)34-16-15-29-11-13-30(14-12-29)20-7-6-8-21(18-20)31-23-17-19(27)9-10-22(23)24(32)28-25(31)33/h6-10,17-18H,11-16H2,1-5H3,(H,28,32,33). The number of hydrogen-bond acceptors (Lipinski definition) is 5. The first-order valence-electron chi connectivity index (χ1n) is 12.1. The summed E-state index contributed by atoms with van der Waals surface area (Å²) in [5.74, 6) is 0. The van der Waals surface area contributed by atoms with Gasteiger partial charge >= 0.3 is 5.69 Å². The van der Waals surface area contributed by atoms with Gasteiger partial charge in [0.25, 0.3) is 5.56 Å².